The number of rotatable bonds is 6. The summed E-state index contributed by atoms with van der Waals surface area (Å²) in [6.45, 7) is 5.20. The van der Waals surface area contributed by atoms with Gasteiger partial charge in [0.2, 0.25) is 5.88 Å². The predicted octanol–water partition coefficient (Wildman–Crippen LogP) is 3.73. The molecule has 32 heavy (non-hydrogen) atoms. The summed E-state index contributed by atoms with van der Waals surface area (Å²) in [5, 5.41) is 13.5. The lowest BCUT2D eigenvalue weighted by molar-refractivity contribution is 0.248. The van der Waals surface area contributed by atoms with E-state index < -0.39 is 17.7 Å². The molecular weight excluding hydrogens is 416 g/mol. The molecule has 2 atom stereocenters. The first-order valence-electron chi connectivity index (χ1n) is 10.5. The zero-order valence-electron chi connectivity index (χ0n) is 17.9. The second-order valence-electron chi connectivity index (χ2n) is 7.60. The summed E-state index contributed by atoms with van der Waals surface area (Å²) in [5.41, 5.74) is 2.11. The fourth-order valence-electron chi connectivity index (χ4n) is 3.89. The number of anilines is 1. The molecule has 0 radical (unpaired) electrons. The number of amides is 2. The van der Waals surface area contributed by atoms with Crippen molar-refractivity contribution in [1.82, 2.24) is 20.4 Å². The van der Waals surface area contributed by atoms with Crippen LogP contribution in [0.25, 0.3) is 5.69 Å². The number of halogens is 2. The first-order chi connectivity index (χ1) is 15.5. The molecule has 2 aromatic carbocycles. The van der Waals surface area contributed by atoms with Crippen LogP contribution in [0.4, 0.5) is 19.4 Å². The number of ether oxygens (including phenoxy) is 1. The second kappa shape index (κ2) is 9.35. The molecular formula is C23H25F2N5O2. The van der Waals surface area contributed by atoms with Crippen LogP contribution in [-0.4, -0.2) is 41.5 Å². The SMILES string of the molecule is CCOc1nn(-c2ccccc2)c(NC(=O)N[C@@H]2CNC[C@H]2c2ccc(F)c(F)c2)c1C. The topological polar surface area (TPSA) is 80.2 Å². The number of nitrogens with one attached hydrogen (secondary N) is 3. The summed E-state index contributed by atoms with van der Waals surface area (Å²) in [5.74, 6) is -1.04. The van der Waals surface area contributed by atoms with Gasteiger partial charge in [0.25, 0.3) is 0 Å². The predicted molar refractivity (Wildman–Crippen MR) is 117 cm³/mol. The van der Waals surface area contributed by atoms with E-state index in [0.29, 0.717) is 42.5 Å². The van der Waals surface area contributed by atoms with Gasteiger partial charge in [-0.25, -0.2) is 18.3 Å². The minimum absolute atomic E-state index is 0.185. The maximum absolute atomic E-state index is 13.7. The van der Waals surface area contributed by atoms with Gasteiger partial charge in [-0.3, -0.25) is 5.32 Å². The van der Waals surface area contributed by atoms with Crippen LogP contribution in [0.15, 0.2) is 48.5 Å². The van der Waals surface area contributed by atoms with Crippen LogP contribution in [0.5, 0.6) is 5.88 Å². The van der Waals surface area contributed by atoms with Gasteiger partial charge in [-0.05, 0) is 43.7 Å². The van der Waals surface area contributed by atoms with Crippen LogP contribution in [0.2, 0.25) is 0 Å². The Morgan fingerprint density at radius 1 is 1.19 bits per heavy atom. The van der Waals surface area contributed by atoms with E-state index in [1.165, 1.54) is 6.07 Å². The zero-order chi connectivity index (χ0) is 22.7. The van der Waals surface area contributed by atoms with Crippen molar-refractivity contribution in [3.63, 3.8) is 0 Å². The number of para-hydroxylation sites is 1. The smallest absolute Gasteiger partial charge is 0.320 e. The van der Waals surface area contributed by atoms with E-state index in [1.807, 2.05) is 44.2 Å². The quantitative estimate of drug-likeness (QED) is 0.545. The Hall–Kier alpha value is -3.46. The largest absolute Gasteiger partial charge is 0.477 e. The van der Waals surface area contributed by atoms with Crippen molar-refractivity contribution in [2.75, 3.05) is 25.0 Å². The van der Waals surface area contributed by atoms with E-state index in [9.17, 15) is 13.6 Å². The number of hydrogen-bond donors (Lipinski definition) is 3. The van der Waals surface area contributed by atoms with Gasteiger partial charge in [0.1, 0.15) is 5.82 Å². The Bertz CT molecular complexity index is 1100. The van der Waals surface area contributed by atoms with Crippen LogP contribution in [-0.2, 0) is 0 Å². The van der Waals surface area contributed by atoms with Crippen molar-refractivity contribution in [1.29, 1.82) is 0 Å². The molecule has 0 spiro atoms. The third kappa shape index (κ3) is 4.43. The van der Waals surface area contributed by atoms with Crippen LogP contribution in [0.1, 0.15) is 24.0 Å². The van der Waals surface area contributed by atoms with Crippen molar-refractivity contribution in [2.24, 2.45) is 0 Å². The number of aromatic nitrogens is 2. The van der Waals surface area contributed by atoms with Gasteiger partial charge >= 0.3 is 6.03 Å². The molecule has 9 heteroatoms. The molecule has 1 saturated heterocycles. The lowest BCUT2D eigenvalue weighted by atomic mass is 9.94. The third-order valence-electron chi connectivity index (χ3n) is 5.49. The van der Waals surface area contributed by atoms with Gasteiger partial charge in [-0.1, -0.05) is 24.3 Å². The summed E-state index contributed by atoms with van der Waals surface area (Å²) in [4.78, 5) is 12.9. The van der Waals surface area contributed by atoms with Crippen molar-refractivity contribution in [3.05, 3.63) is 71.3 Å². The highest BCUT2D eigenvalue weighted by Crippen LogP contribution is 2.29. The number of nitrogens with zero attached hydrogens (tertiary/aromatic N) is 2. The molecule has 1 aliphatic rings. The van der Waals surface area contributed by atoms with E-state index in [-0.39, 0.29) is 12.0 Å². The van der Waals surface area contributed by atoms with Gasteiger partial charge in [0.05, 0.1) is 23.9 Å². The molecule has 0 unspecified atom stereocenters. The molecule has 2 amide bonds. The third-order valence-corrected chi connectivity index (χ3v) is 5.49. The van der Waals surface area contributed by atoms with Crippen LogP contribution in [0.3, 0.4) is 0 Å². The molecule has 0 aliphatic carbocycles. The Balaban J connectivity index is 1.54. The van der Waals surface area contributed by atoms with Gasteiger partial charge in [-0.15, -0.1) is 5.10 Å². The van der Waals surface area contributed by atoms with Crippen LogP contribution < -0.4 is 20.7 Å². The van der Waals surface area contributed by atoms with E-state index >= 15 is 0 Å². The van der Waals surface area contributed by atoms with E-state index in [0.717, 1.165) is 11.8 Å². The summed E-state index contributed by atoms with van der Waals surface area (Å²) < 4.78 is 34.3. The highest BCUT2D eigenvalue weighted by atomic mass is 19.2. The number of hydrogen-bond acceptors (Lipinski definition) is 4. The number of carbonyl (C=O) groups excluding carboxylic acids is 1. The Morgan fingerprint density at radius 3 is 2.69 bits per heavy atom. The molecule has 4 rings (SSSR count). The summed E-state index contributed by atoms with van der Waals surface area (Å²) >= 11 is 0. The van der Waals surface area contributed by atoms with Gasteiger partial charge < -0.3 is 15.4 Å². The Morgan fingerprint density at radius 2 is 1.97 bits per heavy atom. The molecule has 2 heterocycles. The summed E-state index contributed by atoms with van der Waals surface area (Å²) in [6, 6.07) is 12.5. The minimum atomic E-state index is -0.900. The lowest BCUT2D eigenvalue weighted by Crippen LogP contribution is -2.42. The minimum Gasteiger partial charge on any atom is -0.477 e. The molecule has 1 fully saturated rings. The van der Waals surface area contributed by atoms with Gasteiger partial charge in [0.15, 0.2) is 11.6 Å². The average molecular weight is 441 g/mol. The first kappa shape index (κ1) is 21.8. The van der Waals surface area contributed by atoms with Gasteiger partial charge in [0, 0.05) is 19.0 Å². The Kier molecular flexibility index (Phi) is 6.36. The first-order valence-corrected chi connectivity index (χ1v) is 10.5. The molecule has 0 bridgehead atoms. The highest BCUT2D eigenvalue weighted by Gasteiger charge is 2.31. The van der Waals surface area contributed by atoms with E-state index in [4.69, 9.17) is 4.74 Å². The number of urea groups is 1. The fourth-order valence-corrected chi connectivity index (χ4v) is 3.89. The average Bonchev–Trinajstić information content (AvgIpc) is 3.36. The molecule has 3 aromatic rings. The van der Waals surface area contributed by atoms with Crippen LogP contribution >= 0.6 is 0 Å². The summed E-state index contributed by atoms with van der Waals surface area (Å²) in [6.07, 6.45) is 0. The number of carbonyl (C=O) groups is 1. The maximum Gasteiger partial charge on any atom is 0.320 e. The molecule has 1 aromatic heterocycles. The van der Waals surface area contributed by atoms with Gasteiger partial charge in [-0.2, -0.15) is 0 Å². The van der Waals surface area contributed by atoms with Crippen LogP contribution in [0, 0.1) is 18.6 Å². The second-order valence-corrected chi connectivity index (χ2v) is 7.60. The van der Waals surface area contributed by atoms with Crippen molar-refractivity contribution < 1.29 is 18.3 Å². The van der Waals surface area contributed by atoms with Crippen molar-refractivity contribution in [2.45, 2.75) is 25.8 Å². The fraction of sp³-hybridized carbons (Fsp3) is 0.304. The molecule has 7 nitrogen and oxygen atoms in total. The molecule has 3 N–H and O–H groups in total. The summed E-state index contributed by atoms with van der Waals surface area (Å²) in [7, 11) is 0. The highest BCUT2D eigenvalue weighted by molar-refractivity contribution is 5.90. The maximum atomic E-state index is 13.7. The van der Waals surface area contributed by atoms with Crippen molar-refractivity contribution >= 4 is 11.8 Å². The normalized spacial score (nSPS) is 17.9. The molecule has 168 valence electrons. The van der Waals surface area contributed by atoms with E-state index in [1.54, 1.807) is 10.7 Å². The lowest BCUT2D eigenvalue weighted by Gasteiger charge is -2.21. The Labute approximate surface area is 184 Å². The van der Waals surface area contributed by atoms with Crippen molar-refractivity contribution in [3.8, 4) is 11.6 Å². The molecule has 1 aliphatic heterocycles. The zero-order valence-corrected chi connectivity index (χ0v) is 17.9. The van der Waals surface area contributed by atoms with E-state index in [2.05, 4.69) is 21.0 Å². The monoisotopic (exact) mass is 441 g/mol. The standard InChI is InChI=1S/C23H25F2N5O2/c1-3-32-22-14(2)21(30(29-22)16-7-5-4-6-8-16)28-23(31)27-20-13-26-12-17(20)15-9-10-18(24)19(25)11-15/h4-11,17,20,26H,3,12-13H2,1-2H3,(H2,27,28,31)/t17-,20+/m0/s1. The molecule has 0 saturated carbocycles. The number of benzene rings is 2.